The average molecular weight is 339 g/mol. The Labute approximate surface area is 136 Å². The van der Waals surface area contributed by atoms with Gasteiger partial charge in [0.05, 0.1) is 15.5 Å². The van der Waals surface area contributed by atoms with Crippen molar-refractivity contribution >= 4 is 40.4 Å². The molecule has 0 fully saturated rings. The van der Waals surface area contributed by atoms with Crippen molar-refractivity contribution in [2.75, 3.05) is 5.73 Å². The Morgan fingerprint density at radius 1 is 1.14 bits per heavy atom. The maximum absolute atomic E-state index is 6.21. The highest BCUT2D eigenvalue weighted by Gasteiger charge is 2.21. The maximum atomic E-state index is 6.21. The van der Waals surface area contributed by atoms with Gasteiger partial charge in [-0.2, -0.15) is 0 Å². The van der Waals surface area contributed by atoms with E-state index in [0.717, 1.165) is 11.1 Å². The molecule has 0 radical (unpaired) electrons. The van der Waals surface area contributed by atoms with Crippen molar-refractivity contribution in [3.05, 3.63) is 44.1 Å². The first-order chi connectivity index (χ1) is 9.97. The summed E-state index contributed by atoms with van der Waals surface area (Å²) >= 11 is 13.5. The number of nitrogens with zero attached hydrogens (tertiary/aromatic N) is 1. The zero-order valence-corrected chi connectivity index (χ0v) is 13.7. The quantitative estimate of drug-likeness (QED) is 0.663. The SMILES string of the molecule is Cc1ccc(-c2c(N)noc2-c2cc(Cl)sc2Cl)cc1C. The second kappa shape index (κ2) is 5.37. The largest absolute Gasteiger partial charge is 0.380 e. The summed E-state index contributed by atoms with van der Waals surface area (Å²) in [5.41, 5.74) is 10.8. The molecule has 6 heteroatoms. The van der Waals surface area contributed by atoms with E-state index in [-0.39, 0.29) is 0 Å². The van der Waals surface area contributed by atoms with Gasteiger partial charge in [0.1, 0.15) is 4.34 Å². The van der Waals surface area contributed by atoms with Gasteiger partial charge in [-0.05, 0) is 36.6 Å². The van der Waals surface area contributed by atoms with Crippen LogP contribution in [0.3, 0.4) is 0 Å². The van der Waals surface area contributed by atoms with Crippen LogP contribution in [0.2, 0.25) is 8.67 Å². The van der Waals surface area contributed by atoms with Gasteiger partial charge in [0.25, 0.3) is 0 Å². The fourth-order valence-corrected chi connectivity index (χ4v) is 3.62. The van der Waals surface area contributed by atoms with E-state index in [1.54, 1.807) is 6.07 Å². The summed E-state index contributed by atoms with van der Waals surface area (Å²) in [7, 11) is 0. The van der Waals surface area contributed by atoms with Crippen molar-refractivity contribution in [1.29, 1.82) is 0 Å². The minimum Gasteiger partial charge on any atom is -0.380 e. The fraction of sp³-hybridized carbons (Fsp3) is 0.133. The molecule has 21 heavy (non-hydrogen) atoms. The summed E-state index contributed by atoms with van der Waals surface area (Å²) in [4.78, 5) is 0. The predicted molar refractivity (Wildman–Crippen MR) is 89.2 cm³/mol. The van der Waals surface area contributed by atoms with E-state index >= 15 is 0 Å². The Kier molecular flexibility index (Phi) is 3.69. The minimum absolute atomic E-state index is 0.339. The lowest BCUT2D eigenvalue weighted by atomic mass is 9.99. The van der Waals surface area contributed by atoms with E-state index in [4.69, 9.17) is 33.5 Å². The Morgan fingerprint density at radius 2 is 1.90 bits per heavy atom. The van der Waals surface area contributed by atoms with Crippen LogP contribution in [-0.4, -0.2) is 5.16 Å². The summed E-state index contributed by atoms with van der Waals surface area (Å²) in [6.45, 7) is 4.11. The Balaban J connectivity index is 2.21. The van der Waals surface area contributed by atoms with Gasteiger partial charge >= 0.3 is 0 Å². The van der Waals surface area contributed by atoms with Crippen molar-refractivity contribution in [3.8, 4) is 22.5 Å². The highest BCUT2D eigenvalue weighted by atomic mass is 35.5. The van der Waals surface area contributed by atoms with Crippen molar-refractivity contribution in [2.45, 2.75) is 13.8 Å². The molecule has 3 nitrogen and oxygen atoms in total. The van der Waals surface area contributed by atoms with E-state index in [2.05, 4.69) is 25.1 Å². The van der Waals surface area contributed by atoms with E-state index in [0.29, 0.717) is 25.8 Å². The summed E-state index contributed by atoms with van der Waals surface area (Å²) in [6, 6.07) is 7.86. The normalized spacial score (nSPS) is 11.0. The minimum atomic E-state index is 0.339. The average Bonchev–Trinajstić information content (AvgIpc) is 2.95. The molecular weight excluding hydrogens is 327 g/mol. The van der Waals surface area contributed by atoms with Gasteiger partial charge in [-0.25, -0.2) is 0 Å². The summed E-state index contributed by atoms with van der Waals surface area (Å²) in [5, 5.41) is 3.88. The monoisotopic (exact) mass is 338 g/mol. The first-order valence-electron chi connectivity index (χ1n) is 6.25. The lowest BCUT2D eigenvalue weighted by Gasteiger charge is -2.05. The Hall–Kier alpha value is -1.49. The smallest absolute Gasteiger partial charge is 0.179 e. The maximum Gasteiger partial charge on any atom is 0.179 e. The number of thiophene rings is 1. The molecule has 2 N–H and O–H groups in total. The molecule has 0 aliphatic heterocycles. The predicted octanol–water partition coefficient (Wildman–Crippen LogP) is 5.58. The summed E-state index contributed by atoms with van der Waals surface area (Å²) in [6.07, 6.45) is 0. The number of rotatable bonds is 2. The van der Waals surface area contributed by atoms with Crippen molar-refractivity contribution in [3.63, 3.8) is 0 Å². The highest BCUT2D eigenvalue weighted by Crippen LogP contribution is 2.44. The number of anilines is 1. The number of aryl methyl sites for hydroxylation is 2. The third-order valence-corrected chi connectivity index (χ3v) is 4.90. The van der Waals surface area contributed by atoms with Crippen LogP contribution in [0.1, 0.15) is 11.1 Å². The molecule has 0 bridgehead atoms. The zero-order valence-electron chi connectivity index (χ0n) is 11.4. The molecule has 2 heterocycles. The van der Waals surface area contributed by atoms with Crippen LogP contribution in [0.5, 0.6) is 0 Å². The Morgan fingerprint density at radius 3 is 2.52 bits per heavy atom. The topological polar surface area (TPSA) is 52.0 Å². The number of halogens is 2. The van der Waals surface area contributed by atoms with Crippen molar-refractivity contribution in [1.82, 2.24) is 5.16 Å². The molecule has 3 aromatic rings. The number of hydrogen-bond donors (Lipinski definition) is 1. The number of benzene rings is 1. The van der Waals surface area contributed by atoms with Crippen LogP contribution in [-0.2, 0) is 0 Å². The lowest BCUT2D eigenvalue weighted by molar-refractivity contribution is 0.436. The third kappa shape index (κ3) is 2.55. The van der Waals surface area contributed by atoms with Crippen LogP contribution in [0.15, 0.2) is 28.8 Å². The first kappa shape index (κ1) is 14.4. The molecular formula is C15H12Cl2N2OS. The van der Waals surface area contributed by atoms with Crippen LogP contribution in [0, 0.1) is 13.8 Å². The van der Waals surface area contributed by atoms with Crippen molar-refractivity contribution < 1.29 is 4.52 Å². The number of hydrogen-bond acceptors (Lipinski definition) is 4. The van der Waals surface area contributed by atoms with Gasteiger partial charge in [-0.15, -0.1) is 11.3 Å². The van der Waals surface area contributed by atoms with Gasteiger partial charge in [-0.3, -0.25) is 0 Å². The second-order valence-corrected chi connectivity index (χ2v) is 7.09. The fourth-order valence-electron chi connectivity index (χ4n) is 2.16. The van der Waals surface area contributed by atoms with E-state index in [1.165, 1.54) is 22.5 Å². The number of aromatic nitrogens is 1. The van der Waals surface area contributed by atoms with Gasteiger partial charge in [0, 0.05) is 0 Å². The molecule has 1 aromatic carbocycles. The van der Waals surface area contributed by atoms with E-state index < -0.39 is 0 Å². The van der Waals surface area contributed by atoms with Crippen LogP contribution < -0.4 is 5.73 Å². The molecule has 3 rings (SSSR count). The summed E-state index contributed by atoms with van der Waals surface area (Å²) < 4.78 is 6.54. The Bertz CT molecular complexity index is 823. The summed E-state index contributed by atoms with van der Waals surface area (Å²) in [5.74, 6) is 0.885. The molecule has 0 amide bonds. The molecule has 108 valence electrons. The van der Waals surface area contributed by atoms with E-state index in [9.17, 15) is 0 Å². The van der Waals surface area contributed by atoms with E-state index in [1.807, 2.05) is 12.1 Å². The van der Waals surface area contributed by atoms with Crippen LogP contribution in [0.4, 0.5) is 5.82 Å². The molecule has 0 unspecified atom stereocenters. The van der Waals surface area contributed by atoms with Gasteiger partial charge in [0.15, 0.2) is 11.6 Å². The molecule has 0 saturated carbocycles. The zero-order chi connectivity index (χ0) is 15.1. The van der Waals surface area contributed by atoms with Gasteiger partial charge < -0.3 is 10.3 Å². The standard InChI is InChI=1S/C15H12Cl2N2OS/c1-7-3-4-9(5-8(7)2)12-13(20-19-15(12)18)10-6-11(16)21-14(10)17/h3-6H,1-2H3,(H2,18,19). The molecule has 0 spiro atoms. The molecule has 0 saturated heterocycles. The third-order valence-electron chi connectivity index (χ3n) is 3.42. The van der Waals surface area contributed by atoms with Gasteiger partial charge in [-0.1, -0.05) is 46.6 Å². The molecule has 0 atom stereocenters. The number of nitrogens with two attached hydrogens (primary N) is 1. The highest BCUT2D eigenvalue weighted by molar-refractivity contribution is 7.20. The molecule has 0 aliphatic rings. The van der Waals surface area contributed by atoms with Crippen LogP contribution >= 0.6 is 34.5 Å². The molecule has 0 aliphatic carbocycles. The van der Waals surface area contributed by atoms with Crippen LogP contribution in [0.25, 0.3) is 22.5 Å². The second-order valence-electron chi connectivity index (χ2n) is 4.81. The first-order valence-corrected chi connectivity index (χ1v) is 7.82. The molecule has 2 aromatic heterocycles. The number of nitrogen functional groups attached to an aromatic ring is 1. The van der Waals surface area contributed by atoms with Gasteiger partial charge in [0.2, 0.25) is 0 Å². The lowest BCUT2D eigenvalue weighted by Crippen LogP contribution is -1.90. The van der Waals surface area contributed by atoms with Crippen molar-refractivity contribution in [2.24, 2.45) is 0 Å².